The van der Waals surface area contributed by atoms with Crippen LogP contribution in [0, 0.1) is 13.8 Å². The third-order valence-electron chi connectivity index (χ3n) is 6.13. The number of aryl methyl sites for hydroxylation is 2. The number of aliphatic hydroxyl groups excluding tert-OH is 1. The van der Waals surface area contributed by atoms with E-state index in [1.807, 2.05) is 36.4 Å². The van der Waals surface area contributed by atoms with Crippen LogP contribution in [0.3, 0.4) is 0 Å². The molecule has 1 aliphatic carbocycles. The first-order valence-electron chi connectivity index (χ1n) is 11.4. The molecule has 4 aromatic rings. The number of amides is 1. The average Bonchev–Trinajstić information content (AvgIpc) is 3.49. The number of benzene rings is 1. The van der Waals surface area contributed by atoms with Gasteiger partial charge in [-0.3, -0.25) is 4.79 Å². The Hall–Kier alpha value is -3.36. The molecule has 3 aromatic heterocycles. The van der Waals surface area contributed by atoms with Crippen LogP contribution >= 0.6 is 11.3 Å². The van der Waals surface area contributed by atoms with Gasteiger partial charge in [0.05, 0.1) is 35.8 Å². The molecular weight excluding hydrogens is 446 g/mol. The summed E-state index contributed by atoms with van der Waals surface area (Å²) in [5, 5.41) is 15.1. The van der Waals surface area contributed by atoms with Crippen molar-refractivity contribution in [3.63, 3.8) is 0 Å². The monoisotopic (exact) mass is 473 g/mol. The number of aromatic nitrogens is 4. The van der Waals surface area contributed by atoms with Gasteiger partial charge < -0.3 is 10.0 Å². The van der Waals surface area contributed by atoms with E-state index in [2.05, 4.69) is 30.0 Å². The van der Waals surface area contributed by atoms with Gasteiger partial charge in [0.1, 0.15) is 0 Å². The minimum Gasteiger partial charge on any atom is -0.387 e. The molecule has 5 rings (SSSR count). The van der Waals surface area contributed by atoms with Crippen LogP contribution < -0.4 is 0 Å². The highest BCUT2D eigenvalue weighted by Crippen LogP contribution is 2.42. The topological polar surface area (TPSA) is 84.1 Å². The molecule has 0 saturated heterocycles. The van der Waals surface area contributed by atoms with Gasteiger partial charge in [0.25, 0.3) is 11.9 Å². The summed E-state index contributed by atoms with van der Waals surface area (Å²) in [4.78, 5) is 26.6. The summed E-state index contributed by atoms with van der Waals surface area (Å²) in [5.41, 5.74) is 4.12. The standard InChI is InChI=1S/C26H27N5O2S/c1-16-13-20(17(2)34-16)22-11-12-27-26(29-22)31-24(19-9-10-19)21(14-28-31)25(33)30(3)15-23(32)18-7-5-4-6-8-18/h4-8,11-14,19,23,32H,9-10,15H2,1-3H3. The van der Waals surface area contributed by atoms with Gasteiger partial charge in [-0.1, -0.05) is 30.3 Å². The fourth-order valence-electron chi connectivity index (χ4n) is 4.25. The van der Waals surface area contributed by atoms with Crippen LogP contribution in [0.2, 0.25) is 0 Å². The zero-order valence-corrected chi connectivity index (χ0v) is 20.3. The largest absolute Gasteiger partial charge is 0.387 e. The van der Waals surface area contributed by atoms with Gasteiger partial charge in [-0.15, -0.1) is 11.3 Å². The van der Waals surface area contributed by atoms with Crippen LogP contribution in [-0.4, -0.2) is 49.3 Å². The minimum atomic E-state index is -0.758. The van der Waals surface area contributed by atoms with E-state index >= 15 is 0 Å². The van der Waals surface area contributed by atoms with Crippen LogP contribution in [0.1, 0.15) is 56.2 Å². The maximum Gasteiger partial charge on any atom is 0.257 e. The first-order valence-corrected chi connectivity index (χ1v) is 12.2. The quantitative estimate of drug-likeness (QED) is 0.421. The number of hydrogen-bond donors (Lipinski definition) is 1. The Balaban J connectivity index is 1.44. The normalized spacial score (nSPS) is 14.2. The number of nitrogens with zero attached hydrogens (tertiary/aromatic N) is 5. The van der Waals surface area contributed by atoms with E-state index in [4.69, 9.17) is 4.98 Å². The second-order valence-corrected chi connectivity index (χ2v) is 10.3. The fourth-order valence-corrected chi connectivity index (χ4v) is 5.18. The molecule has 0 aliphatic heterocycles. The Labute approximate surface area is 202 Å². The third kappa shape index (κ3) is 4.38. The van der Waals surface area contributed by atoms with Gasteiger partial charge in [0.2, 0.25) is 0 Å². The summed E-state index contributed by atoms with van der Waals surface area (Å²) < 4.78 is 1.71. The molecule has 1 saturated carbocycles. The molecule has 0 spiro atoms. The maximum atomic E-state index is 13.4. The number of thiophene rings is 1. The minimum absolute atomic E-state index is 0.163. The zero-order chi connectivity index (χ0) is 23.8. The molecule has 7 nitrogen and oxygen atoms in total. The summed E-state index contributed by atoms with van der Waals surface area (Å²) in [5.74, 6) is 0.559. The molecule has 174 valence electrons. The summed E-state index contributed by atoms with van der Waals surface area (Å²) in [6.45, 7) is 4.38. The number of likely N-dealkylation sites (N-methyl/N-ethyl adjacent to an activating group) is 1. The Morgan fingerprint density at radius 3 is 2.68 bits per heavy atom. The van der Waals surface area contributed by atoms with E-state index in [0.717, 1.165) is 35.4 Å². The van der Waals surface area contributed by atoms with Crippen LogP contribution in [0.5, 0.6) is 0 Å². The smallest absolute Gasteiger partial charge is 0.257 e. The number of hydrogen-bond acceptors (Lipinski definition) is 6. The summed E-state index contributed by atoms with van der Waals surface area (Å²) in [6, 6.07) is 13.4. The predicted octanol–water partition coefficient (Wildman–Crippen LogP) is 4.69. The molecule has 1 fully saturated rings. The lowest BCUT2D eigenvalue weighted by atomic mass is 10.1. The van der Waals surface area contributed by atoms with Gasteiger partial charge in [-0.05, 0) is 44.4 Å². The first kappa shape index (κ1) is 22.4. The Kier molecular flexibility index (Phi) is 6.02. The van der Waals surface area contributed by atoms with E-state index in [-0.39, 0.29) is 18.4 Å². The van der Waals surface area contributed by atoms with Crippen LogP contribution in [0.4, 0.5) is 0 Å². The van der Waals surface area contributed by atoms with E-state index in [0.29, 0.717) is 11.5 Å². The van der Waals surface area contributed by atoms with Crippen molar-refractivity contribution in [3.8, 4) is 17.2 Å². The molecule has 0 bridgehead atoms. The molecule has 1 atom stereocenters. The van der Waals surface area contributed by atoms with Crippen LogP contribution in [-0.2, 0) is 0 Å². The van der Waals surface area contributed by atoms with E-state index in [1.54, 1.807) is 40.4 Å². The van der Waals surface area contributed by atoms with Gasteiger partial charge in [-0.2, -0.15) is 5.10 Å². The molecule has 8 heteroatoms. The summed E-state index contributed by atoms with van der Waals surface area (Å²) in [7, 11) is 1.71. The van der Waals surface area contributed by atoms with Gasteiger partial charge >= 0.3 is 0 Å². The molecule has 0 radical (unpaired) electrons. The number of rotatable bonds is 7. The number of aliphatic hydroxyl groups is 1. The highest BCUT2D eigenvalue weighted by atomic mass is 32.1. The van der Waals surface area contributed by atoms with Crippen molar-refractivity contribution in [2.75, 3.05) is 13.6 Å². The van der Waals surface area contributed by atoms with E-state index < -0.39 is 6.10 Å². The predicted molar refractivity (Wildman–Crippen MR) is 132 cm³/mol. The van der Waals surface area contributed by atoms with Gasteiger partial charge in [0.15, 0.2) is 0 Å². The Morgan fingerprint density at radius 2 is 2.00 bits per heavy atom. The van der Waals surface area contributed by atoms with Crippen molar-refractivity contribution in [1.29, 1.82) is 0 Å². The van der Waals surface area contributed by atoms with Crippen molar-refractivity contribution in [3.05, 3.63) is 81.4 Å². The summed E-state index contributed by atoms with van der Waals surface area (Å²) >= 11 is 1.74. The molecule has 1 unspecified atom stereocenters. The number of carbonyl (C=O) groups is 1. The zero-order valence-electron chi connectivity index (χ0n) is 19.5. The molecule has 1 amide bonds. The average molecular weight is 474 g/mol. The molecular formula is C26H27N5O2S. The maximum absolute atomic E-state index is 13.4. The van der Waals surface area contributed by atoms with Gasteiger partial charge in [0, 0.05) is 34.5 Å². The molecule has 1 aromatic carbocycles. The number of carbonyl (C=O) groups excluding carboxylic acids is 1. The molecule has 3 heterocycles. The second-order valence-electron chi connectivity index (χ2n) is 8.81. The Morgan fingerprint density at radius 1 is 1.24 bits per heavy atom. The first-order chi connectivity index (χ1) is 16.4. The lowest BCUT2D eigenvalue weighted by Crippen LogP contribution is -2.31. The Bertz CT molecular complexity index is 1330. The van der Waals surface area contributed by atoms with Crippen molar-refractivity contribution < 1.29 is 9.90 Å². The van der Waals surface area contributed by atoms with Crippen molar-refractivity contribution in [1.82, 2.24) is 24.6 Å². The fraction of sp³-hybridized carbons (Fsp3) is 0.308. The van der Waals surface area contributed by atoms with E-state index in [9.17, 15) is 9.90 Å². The molecule has 34 heavy (non-hydrogen) atoms. The van der Waals surface area contributed by atoms with Crippen molar-refractivity contribution in [2.45, 2.75) is 38.7 Å². The summed E-state index contributed by atoms with van der Waals surface area (Å²) in [6.07, 6.45) is 4.60. The van der Waals surface area contributed by atoms with E-state index in [1.165, 1.54) is 9.75 Å². The van der Waals surface area contributed by atoms with Gasteiger partial charge in [-0.25, -0.2) is 14.6 Å². The second kappa shape index (κ2) is 9.12. The SMILES string of the molecule is Cc1cc(-c2ccnc(-n3ncc(C(=O)N(C)CC(O)c4ccccc4)c3C3CC3)n2)c(C)s1. The molecule has 1 N–H and O–H groups in total. The van der Waals surface area contributed by atoms with Crippen LogP contribution in [0.25, 0.3) is 17.2 Å². The molecule has 1 aliphatic rings. The van der Waals surface area contributed by atoms with Crippen molar-refractivity contribution in [2.24, 2.45) is 0 Å². The lowest BCUT2D eigenvalue weighted by molar-refractivity contribution is 0.0680. The lowest BCUT2D eigenvalue weighted by Gasteiger charge is -2.21. The third-order valence-corrected chi connectivity index (χ3v) is 7.09. The highest BCUT2D eigenvalue weighted by molar-refractivity contribution is 7.12. The van der Waals surface area contributed by atoms with Crippen molar-refractivity contribution >= 4 is 17.2 Å². The highest BCUT2D eigenvalue weighted by Gasteiger charge is 2.34. The van der Waals surface area contributed by atoms with Crippen LogP contribution in [0.15, 0.2) is 54.9 Å².